The van der Waals surface area contributed by atoms with E-state index in [4.69, 9.17) is 5.11 Å². The van der Waals surface area contributed by atoms with Crippen molar-refractivity contribution in [3.63, 3.8) is 0 Å². The number of benzene rings is 1. The Bertz CT molecular complexity index is 356. The summed E-state index contributed by atoms with van der Waals surface area (Å²) in [6.45, 7) is 11.6. The molecule has 0 saturated carbocycles. The smallest absolute Gasteiger partial charge is 0.140 e. The molecule has 1 N–H and O–H groups in total. The predicted molar refractivity (Wildman–Crippen MR) is 76.0 cm³/mol. The second-order valence-corrected chi connectivity index (χ2v) is 4.34. The number of quaternary nitrogens is 1. The normalized spacial score (nSPS) is 11.5. The minimum Gasteiger partial charge on any atom is -0.396 e. The maximum absolute atomic E-state index is 9.06. The summed E-state index contributed by atoms with van der Waals surface area (Å²) in [6, 6.07) is 8.42. The van der Waals surface area contributed by atoms with Crippen LogP contribution in [0, 0.1) is 0 Å². The van der Waals surface area contributed by atoms with Gasteiger partial charge in [0.1, 0.15) is 5.69 Å². The third kappa shape index (κ3) is 2.96. The molecule has 17 heavy (non-hydrogen) atoms. The van der Waals surface area contributed by atoms with Gasteiger partial charge in [0, 0.05) is 18.6 Å². The predicted octanol–water partition coefficient (Wildman–Crippen LogP) is 3.06. The van der Waals surface area contributed by atoms with Crippen LogP contribution >= 0.6 is 0 Å². The fourth-order valence-electron chi connectivity index (χ4n) is 2.47. The zero-order chi connectivity index (χ0) is 12.7. The van der Waals surface area contributed by atoms with Crippen LogP contribution in [0.4, 0.5) is 5.69 Å². The zero-order valence-electron chi connectivity index (χ0n) is 11.0. The van der Waals surface area contributed by atoms with Gasteiger partial charge in [0.05, 0.1) is 19.6 Å². The van der Waals surface area contributed by atoms with E-state index in [1.807, 2.05) is 12.1 Å². The molecule has 0 aliphatic heterocycles. The lowest BCUT2D eigenvalue weighted by Gasteiger charge is -2.37. The Labute approximate surface area is 105 Å². The maximum Gasteiger partial charge on any atom is 0.140 e. The van der Waals surface area contributed by atoms with Crippen LogP contribution in [0.1, 0.15) is 25.8 Å². The summed E-state index contributed by atoms with van der Waals surface area (Å²) in [5.41, 5.74) is 2.52. The van der Waals surface area contributed by atoms with Gasteiger partial charge in [0.15, 0.2) is 0 Å². The van der Waals surface area contributed by atoms with E-state index >= 15 is 0 Å². The summed E-state index contributed by atoms with van der Waals surface area (Å²) in [6.07, 6.45) is 2.76. The van der Waals surface area contributed by atoms with Crippen LogP contribution in [0.5, 0.6) is 0 Å². The highest BCUT2D eigenvalue weighted by atomic mass is 16.3. The average molecular weight is 234 g/mol. The van der Waals surface area contributed by atoms with E-state index in [-0.39, 0.29) is 6.61 Å². The van der Waals surface area contributed by atoms with Crippen LogP contribution in [0.15, 0.2) is 30.8 Å². The van der Waals surface area contributed by atoms with Gasteiger partial charge in [-0.05, 0) is 26.0 Å². The lowest BCUT2D eigenvalue weighted by Crippen LogP contribution is -2.50. The van der Waals surface area contributed by atoms with Crippen LogP contribution in [-0.4, -0.2) is 31.3 Å². The molecule has 0 unspecified atom stereocenters. The van der Waals surface area contributed by atoms with E-state index in [1.165, 1.54) is 11.3 Å². The Balaban J connectivity index is 3.15. The highest BCUT2D eigenvalue weighted by molar-refractivity contribution is 5.64. The SMILES string of the molecule is C=Cc1ccccc1[N+](CC)(CC)CCCO. The minimum absolute atomic E-state index is 0.260. The van der Waals surface area contributed by atoms with Gasteiger partial charge in [0.2, 0.25) is 0 Å². The van der Waals surface area contributed by atoms with Gasteiger partial charge in [-0.2, -0.15) is 0 Å². The average Bonchev–Trinajstić information content (AvgIpc) is 2.41. The number of rotatable bonds is 7. The van der Waals surface area contributed by atoms with Crippen molar-refractivity contribution >= 4 is 11.8 Å². The van der Waals surface area contributed by atoms with Gasteiger partial charge >= 0.3 is 0 Å². The van der Waals surface area contributed by atoms with Crippen molar-refractivity contribution in [3.05, 3.63) is 36.4 Å². The molecule has 0 saturated heterocycles. The largest absolute Gasteiger partial charge is 0.396 e. The number of para-hydroxylation sites is 1. The van der Waals surface area contributed by atoms with E-state index in [0.29, 0.717) is 0 Å². The summed E-state index contributed by atoms with van der Waals surface area (Å²) >= 11 is 0. The molecule has 0 bridgehead atoms. The Morgan fingerprint density at radius 1 is 1.24 bits per heavy atom. The molecule has 2 nitrogen and oxygen atoms in total. The summed E-state index contributed by atoms with van der Waals surface area (Å²) in [5.74, 6) is 0. The van der Waals surface area contributed by atoms with Gasteiger partial charge in [-0.15, -0.1) is 0 Å². The summed E-state index contributed by atoms with van der Waals surface area (Å²) in [4.78, 5) is 0. The van der Waals surface area contributed by atoms with Gasteiger partial charge < -0.3 is 5.11 Å². The molecule has 0 radical (unpaired) electrons. The van der Waals surface area contributed by atoms with Crippen LogP contribution in [0.2, 0.25) is 0 Å². The van der Waals surface area contributed by atoms with Crippen LogP contribution < -0.4 is 4.48 Å². The Morgan fingerprint density at radius 3 is 2.41 bits per heavy atom. The zero-order valence-corrected chi connectivity index (χ0v) is 11.0. The van der Waals surface area contributed by atoms with Gasteiger partial charge in [-0.25, -0.2) is 0 Å². The van der Waals surface area contributed by atoms with Crippen molar-refractivity contribution in [1.82, 2.24) is 4.48 Å². The van der Waals surface area contributed by atoms with E-state index in [0.717, 1.165) is 30.5 Å². The van der Waals surface area contributed by atoms with E-state index in [2.05, 4.69) is 38.6 Å². The molecule has 1 aromatic carbocycles. The first-order valence-corrected chi connectivity index (χ1v) is 6.43. The lowest BCUT2D eigenvalue weighted by molar-refractivity contribution is 0.236. The Kier molecular flexibility index (Phi) is 5.39. The third-order valence-corrected chi connectivity index (χ3v) is 3.62. The molecule has 0 fully saturated rings. The molecule has 2 heteroatoms. The Hall–Kier alpha value is -1.12. The van der Waals surface area contributed by atoms with Crippen molar-refractivity contribution in [2.45, 2.75) is 20.3 Å². The monoisotopic (exact) mass is 234 g/mol. The highest BCUT2D eigenvalue weighted by Gasteiger charge is 2.27. The molecule has 94 valence electrons. The highest BCUT2D eigenvalue weighted by Crippen LogP contribution is 2.28. The molecule has 1 aromatic rings. The first-order chi connectivity index (χ1) is 8.24. The molecule has 0 heterocycles. The third-order valence-electron chi connectivity index (χ3n) is 3.62. The number of nitrogens with zero attached hydrogens (tertiary/aromatic N) is 1. The van der Waals surface area contributed by atoms with E-state index in [9.17, 15) is 0 Å². The second kappa shape index (κ2) is 6.58. The number of hydrogen-bond donors (Lipinski definition) is 1. The first kappa shape index (κ1) is 13.9. The fourth-order valence-corrected chi connectivity index (χ4v) is 2.47. The topological polar surface area (TPSA) is 20.2 Å². The van der Waals surface area contributed by atoms with Crippen molar-refractivity contribution in [2.24, 2.45) is 0 Å². The summed E-state index contributed by atoms with van der Waals surface area (Å²) in [5, 5.41) is 9.06. The second-order valence-electron chi connectivity index (χ2n) is 4.34. The maximum atomic E-state index is 9.06. The number of aliphatic hydroxyl groups is 1. The van der Waals surface area contributed by atoms with E-state index < -0.39 is 0 Å². The number of aliphatic hydroxyl groups excluding tert-OH is 1. The van der Waals surface area contributed by atoms with Crippen molar-refractivity contribution in [2.75, 3.05) is 26.2 Å². The standard InChI is InChI=1S/C15H24NO/c1-4-14-10-7-8-11-15(14)16(5-2,6-3)12-9-13-17/h4,7-8,10-11,17H,1,5-6,9,12-13H2,2-3H3/q+1. The molecule has 0 aliphatic carbocycles. The molecule has 0 amide bonds. The lowest BCUT2D eigenvalue weighted by atomic mass is 10.1. The first-order valence-electron chi connectivity index (χ1n) is 6.43. The fraction of sp³-hybridized carbons (Fsp3) is 0.467. The molecule has 0 atom stereocenters. The van der Waals surface area contributed by atoms with Gasteiger partial charge in [-0.3, -0.25) is 4.48 Å². The minimum atomic E-state index is 0.260. The van der Waals surface area contributed by atoms with Crippen molar-refractivity contribution in [3.8, 4) is 0 Å². The molecule has 1 rings (SSSR count). The molecular weight excluding hydrogens is 210 g/mol. The molecule has 0 aromatic heterocycles. The molecule has 0 spiro atoms. The Morgan fingerprint density at radius 2 is 1.88 bits per heavy atom. The summed E-state index contributed by atoms with van der Waals surface area (Å²) in [7, 11) is 0. The number of hydrogen-bond acceptors (Lipinski definition) is 1. The quantitative estimate of drug-likeness (QED) is 0.719. The molecular formula is C15H24NO+. The van der Waals surface area contributed by atoms with Crippen LogP contribution in [-0.2, 0) is 0 Å². The van der Waals surface area contributed by atoms with Gasteiger partial charge in [0.25, 0.3) is 0 Å². The molecule has 0 aliphatic rings. The summed E-state index contributed by atoms with van der Waals surface area (Å²) < 4.78 is 0.919. The van der Waals surface area contributed by atoms with E-state index in [1.54, 1.807) is 0 Å². The van der Waals surface area contributed by atoms with Crippen LogP contribution in [0.3, 0.4) is 0 Å². The van der Waals surface area contributed by atoms with Gasteiger partial charge in [-0.1, -0.05) is 24.8 Å². The van der Waals surface area contributed by atoms with Crippen LogP contribution in [0.25, 0.3) is 6.08 Å². The van der Waals surface area contributed by atoms with Crippen molar-refractivity contribution < 1.29 is 5.11 Å². The van der Waals surface area contributed by atoms with Crippen molar-refractivity contribution in [1.29, 1.82) is 0 Å².